The van der Waals surface area contributed by atoms with Crippen LogP contribution in [-0.2, 0) is 15.1 Å². The smallest absolute Gasteiger partial charge is 0.294 e. The molecule has 33 heavy (non-hydrogen) atoms. The SMILES string of the molecule is Nc1cccc(C(O)C2=C(O)C(=O)N(c3cccc(Cl)c3)C23C(=O)Nc2cc(Cl)ccc23)c1. The van der Waals surface area contributed by atoms with E-state index < -0.39 is 29.2 Å². The summed E-state index contributed by atoms with van der Waals surface area (Å²) in [7, 11) is 0. The van der Waals surface area contributed by atoms with E-state index in [1.54, 1.807) is 54.6 Å². The van der Waals surface area contributed by atoms with Gasteiger partial charge in [0.25, 0.3) is 11.8 Å². The number of nitrogen functional groups attached to an aromatic ring is 1. The first kappa shape index (κ1) is 21.3. The van der Waals surface area contributed by atoms with Gasteiger partial charge >= 0.3 is 0 Å². The van der Waals surface area contributed by atoms with Gasteiger partial charge < -0.3 is 21.3 Å². The Morgan fingerprint density at radius 3 is 2.42 bits per heavy atom. The second-order valence-electron chi connectivity index (χ2n) is 7.81. The van der Waals surface area contributed by atoms with E-state index in [2.05, 4.69) is 5.32 Å². The zero-order chi connectivity index (χ0) is 23.5. The molecule has 0 bridgehead atoms. The quantitative estimate of drug-likeness (QED) is 0.415. The van der Waals surface area contributed by atoms with Crippen molar-refractivity contribution in [2.75, 3.05) is 16.0 Å². The Morgan fingerprint density at radius 2 is 1.70 bits per heavy atom. The molecule has 1 spiro atoms. The molecule has 9 heteroatoms. The third kappa shape index (κ3) is 3.01. The van der Waals surface area contributed by atoms with Crippen LogP contribution in [0.25, 0.3) is 0 Å². The van der Waals surface area contributed by atoms with Crippen LogP contribution in [0.5, 0.6) is 0 Å². The number of carbonyl (C=O) groups excluding carboxylic acids is 2. The number of aliphatic hydroxyl groups excluding tert-OH is 2. The van der Waals surface area contributed by atoms with Gasteiger partial charge in [0.1, 0.15) is 6.10 Å². The van der Waals surface area contributed by atoms with Crippen LogP contribution in [-0.4, -0.2) is 22.0 Å². The van der Waals surface area contributed by atoms with E-state index in [0.717, 1.165) is 4.90 Å². The minimum absolute atomic E-state index is 0.184. The molecular weight excluding hydrogens is 465 g/mol. The van der Waals surface area contributed by atoms with Crippen LogP contribution < -0.4 is 16.0 Å². The number of carbonyl (C=O) groups is 2. The van der Waals surface area contributed by atoms with Gasteiger partial charge in [-0.05, 0) is 48.0 Å². The van der Waals surface area contributed by atoms with E-state index in [0.29, 0.717) is 32.5 Å². The van der Waals surface area contributed by atoms with Gasteiger partial charge in [-0.3, -0.25) is 14.5 Å². The molecule has 0 aromatic heterocycles. The number of aliphatic hydroxyl groups is 2. The maximum atomic E-state index is 13.7. The number of hydrogen-bond acceptors (Lipinski definition) is 5. The van der Waals surface area contributed by atoms with Crippen LogP contribution in [0.4, 0.5) is 17.1 Å². The number of nitrogens with two attached hydrogens (primary N) is 1. The fourth-order valence-corrected chi connectivity index (χ4v) is 4.93. The van der Waals surface area contributed by atoms with Crippen LogP contribution in [0.3, 0.4) is 0 Å². The average molecular weight is 482 g/mol. The second-order valence-corrected chi connectivity index (χ2v) is 8.68. The number of halogens is 2. The zero-order valence-electron chi connectivity index (χ0n) is 16.9. The third-order valence-corrected chi connectivity index (χ3v) is 6.37. The molecule has 3 aromatic rings. The molecule has 0 aliphatic carbocycles. The summed E-state index contributed by atoms with van der Waals surface area (Å²) in [6, 6.07) is 17.4. The minimum atomic E-state index is -1.88. The Morgan fingerprint density at radius 1 is 0.970 bits per heavy atom. The van der Waals surface area contributed by atoms with Crippen molar-refractivity contribution >= 4 is 52.1 Å². The summed E-state index contributed by atoms with van der Waals surface area (Å²) >= 11 is 12.3. The number of rotatable bonds is 3. The first-order valence-corrected chi connectivity index (χ1v) is 10.7. The Kier molecular flexibility index (Phi) is 4.86. The van der Waals surface area contributed by atoms with Crippen molar-refractivity contribution in [2.24, 2.45) is 0 Å². The van der Waals surface area contributed by atoms with Crippen molar-refractivity contribution in [3.8, 4) is 0 Å². The van der Waals surface area contributed by atoms with E-state index in [-0.39, 0.29) is 11.3 Å². The summed E-state index contributed by atoms with van der Waals surface area (Å²) in [5.74, 6) is -2.22. The van der Waals surface area contributed by atoms with Gasteiger partial charge in [-0.15, -0.1) is 0 Å². The Balaban J connectivity index is 1.82. The first-order valence-electron chi connectivity index (χ1n) is 9.94. The van der Waals surface area contributed by atoms with Gasteiger partial charge in [0.15, 0.2) is 11.3 Å². The van der Waals surface area contributed by atoms with Gasteiger partial charge in [0.05, 0.1) is 5.57 Å². The largest absolute Gasteiger partial charge is 0.503 e. The highest BCUT2D eigenvalue weighted by Gasteiger charge is 2.64. The Bertz CT molecular complexity index is 1370. The molecule has 2 atom stereocenters. The lowest BCUT2D eigenvalue weighted by atomic mass is 9.79. The van der Waals surface area contributed by atoms with E-state index in [4.69, 9.17) is 28.9 Å². The molecule has 2 heterocycles. The summed E-state index contributed by atoms with van der Waals surface area (Å²) in [6.07, 6.45) is -1.52. The molecule has 2 amide bonds. The molecule has 166 valence electrons. The van der Waals surface area contributed by atoms with E-state index in [1.165, 1.54) is 12.1 Å². The van der Waals surface area contributed by atoms with Gasteiger partial charge in [0.2, 0.25) is 0 Å². The third-order valence-electron chi connectivity index (χ3n) is 5.90. The van der Waals surface area contributed by atoms with Crippen molar-refractivity contribution < 1.29 is 19.8 Å². The lowest BCUT2D eigenvalue weighted by Gasteiger charge is -2.37. The van der Waals surface area contributed by atoms with Gasteiger partial charge in [-0.25, -0.2) is 0 Å². The zero-order valence-corrected chi connectivity index (χ0v) is 18.4. The summed E-state index contributed by atoms with van der Waals surface area (Å²) < 4.78 is 0. The monoisotopic (exact) mass is 481 g/mol. The molecule has 0 radical (unpaired) electrons. The predicted molar refractivity (Wildman–Crippen MR) is 126 cm³/mol. The maximum Gasteiger partial charge on any atom is 0.294 e. The molecule has 5 rings (SSSR count). The Hall–Kier alpha value is -3.52. The molecule has 2 aliphatic heterocycles. The van der Waals surface area contributed by atoms with E-state index in [9.17, 15) is 19.8 Å². The first-order chi connectivity index (χ1) is 15.7. The summed E-state index contributed by atoms with van der Waals surface area (Å²) in [4.78, 5) is 28.3. The lowest BCUT2D eigenvalue weighted by molar-refractivity contribution is -0.123. The molecule has 0 fully saturated rings. The normalized spacial score (nSPS) is 20.4. The highest BCUT2D eigenvalue weighted by molar-refractivity contribution is 6.32. The number of nitrogens with one attached hydrogen (secondary N) is 1. The predicted octanol–water partition coefficient (Wildman–Crippen LogP) is 4.32. The van der Waals surface area contributed by atoms with Gasteiger partial charge in [-0.1, -0.05) is 47.5 Å². The number of benzene rings is 3. The minimum Gasteiger partial charge on any atom is -0.503 e. The van der Waals surface area contributed by atoms with Crippen molar-refractivity contribution in [3.63, 3.8) is 0 Å². The number of amides is 2. The van der Waals surface area contributed by atoms with Gasteiger partial charge in [0, 0.05) is 32.7 Å². The number of hydrogen-bond donors (Lipinski definition) is 4. The van der Waals surface area contributed by atoms with Crippen molar-refractivity contribution in [2.45, 2.75) is 11.6 Å². The van der Waals surface area contributed by atoms with Crippen LogP contribution >= 0.6 is 23.2 Å². The molecule has 2 unspecified atom stereocenters. The molecule has 0 saturated heterocycles. The number of fused-ring (bicyclic) bond motifs is 2. The van der Waals surface area contributed by atoms with Crippen LogP contribution in [0, 0.1) is 0 Å². The molecule has 2 aliphatic rings. The van der Waals surface area contributed by atoms with Crippen molar-refractivity contribution in [3.05, 3.63) is 99.2 Å². The maximum absolute atomic E-state index is 13.7. The average Bonchev–Trinajstić information content (AvgIpc) is 3.18. The highest BCUT2D eigenvalue weighted by Crippen LogP contribution is 2.55. The number of nitrogens with zero attached hydrogens (tertiary/aromatic N) is 1. The topological polar surface area (TPSA) is 116 Å². The second kappa shape index (κ2) is 7.52. The molecule has 5 N–H and O–H groups in total. The Labute approximate surface area is 198 Å². The standard InChI is InChI=1S/C24H17Cl2N3O4/c25-13-4-2-6-16(10-13)29-22(32)21(31)19(20(30)12-3-1-5-15(27)9-12)24(29)17-8-7-14(26)11-18(17)28-23(24)33/h1-11,20,30-31H,27H2,(H,28,33). The molecule has 3 aromatic carbocycles. The fraction of sp³-hybridized carbons (Fsp3) is 0.0833. The highest BCUT2D eigenvalue weighted by atomic mass is 35.5. The van der Waals surface area contributed by atoms with Crippen molar-refractivity contribution in [1.29, 1.82) is 0 Å². The summed E-state index contributed by atoms with van der Waals surface area (Å²) in [6.45, 7) is 0. The molecule has 7 nitrogen and oxygen atoms in total. The number of anilines is 3. The summed E-state index contributed by atoms with van der Waals surface area (Å²) in [5.41, 5.74) is 5.49. The van der Waals surface area contributed by atoms with E-state index in [1.807, 2.05) is 0 Å². The summed E-state index contributed by atoms with van der Waals surface area (Å²) in [5, 5.41) is 25.9. The molecular formula is C24H17Cl2N3O4. The van der Waals surface area contributed by atoms with Crippen LogP contribution in [0.2, 0.25) is 10.0 Å². The van der Waals surface area contributed by atoms with E-state index >= 15 is 0 Å². The lowest BCUT2D eigenvalue weighted by Crippen LogP contribution is -2.52. The van der Waals surface area contributed by atoms with Gasteiger partial charge in [-0.2, -0.15) is 0 Å². The molecule has 0 saturated carbocycles. The van der Waals surface area contributed by atoms with Crippen LogP contribution in [0.15, 0.2) is 78.1 Å². The fourth-order valence-electron chi connectivity index (χ4n) is 4.57. The van der Waals surface area contributed by atoms with Crippen LogP contribution in [0.1, 0.15) is 17.2 Å². The van der Waals surface area contributed by atoms with Crippen molar-refractivity contribution in [1.82, 2.24) is 0 Å².